The average molecular weight is 349 g/mol. The first kappa shape index (κ1) is 16.3. The van der Waals surface area contributed by atoms with E-state index in [4.69, 9.17) is 9.15 Å². The number of amides is 1. The number of rotatable bonds is 4. The Labute approximate surface area is 151 Å². The number of fused-ring (bicyclic) bond motifs is 1. The van der Waals surface area contributed by atoms with Crippen LogP contribution < -0.4 is 4.74 Å². The van der Waals surface area contributed by atoms with E-state index in [0.717, 1.165) is 16.9 Å². The molecule has 0 N–H and O–H groups in total. The number of aromatic nitrogens is 2. The molecule has 1 aliphatic rings. The van der Waals surface area contributed by atoms with Crippen LogP contribution in [0.1, 0.15) is 11.5 Å². The third kappa shape index (κ3) is 3.31. The number of carbonyl (C=O) groups excluding carboxylic acids is 1. The number of hydrogen-bond donors (Lipinski definition) is 0. The molecule has 1 aromatic heterocycles. The van der Waals surface area contributed by atoms with Gasteiger partial charge in [-0.1, -0.05) is 36.4 Å². The molecule has 1 amide bonds. The fourth-order valence-corrected chi connectivity index (χ4v) is 3.09. The Balaban J connectivity index is 1.42. The minimum absolute atomic E-state index is 0.0129. The molecule has 0 fully saturated rings. The molecule has 4 rings (SSSR count). The summed E-state index contributed by atoms with van der Waals surface area (Å²) in [4.78, 5) is 14.4. The predicted octanol–water partition coefficient (Wildman–Crippen LogP) is 2.95. The number of hydrogen-bond acceptors (Lipinski definition) is 5. The average Bonchev–Trinajstić information content (AvgIpc) is 3.16. The van der Waals surface area contributed by atoms with Crippen LogP contribution in [-0.4, -0.2) is 34.7 Å². The molecule has 0 saturated carbocycles. The highest BCUT2D eigenvalue weighted by Crippen LogP contribution is 2.28. The number of nitrogens with zero attached hydrogens (tertiary/aromatic N) is 3. The van der Waals surface area contributed by atoms with Gasteiger partial charge in [-0.15, -0.1) is 10.2 Å². The fourth-order valence-electron chi connectivity index (χ4n) is 3.09. The first-order valence-electron chi connectivity index (χ1n) is 8.54. The Morgan fingerprint density at radius 2 is 1.88 bits per heavy atom. The molecule has 0 aliphatic carbocycles. The van der Waals surface area contributed by atoms with E-state index in [1.165, 1.54) is 0 Å². The molecule has 0 saturated heterocycles. The zero-order chi connectivity index (χ0) is 17.9. The van der Waals surface area contributed by atoms with Crippen LogP contribution in [-0.2, 0) is 17.8 Å². The number of para-hydroxylation sites is 1. The maximum Gasteiger partial charge on any atom is 0.247 e. The van der Waals surface area contributed by atoms with E-state index in [-0.39, 0.29) is 18.4 Å². The van der Waals surface area contributed by atoms with Crippen LogP contribution in [0.5, 0.6) is 5.75 Å². The van der Waals surface area contributed by atoms with E-state index in [9.17, 15) is 4.79 Å². The van der Waals surface area contributed by atoms with Crippen molar-refractivity contribution in [1.82, 2.24) is 15.1 Å². The molecule has 2 heterocycles. The van der Waals surface area contributed by atoms with Gasteiger partial charge in [0, 0.05) is 12.6 Å². The highest BCUT2D eigenvalue weighted by Gasteiger charge is 2.28. The molecule has 0 spiro atoms. The van der Waals surface area contributed by atoms with Gasteiger partial charge < -0.3 is 14.1 Å². The van der Waals surface area contributed by atoms with E-state index in [0.29, 0.717) is 24.8 Å². The fraction of sp³-hybridized carbons (Fsp3) is 0.250. The van der Waals surface area contributed by atoms with Crippen LogP contribution in [0.15, 0.2) is 59.0 Å². The molecule has 0 bridgehead atoms. The molecular formula is C20H19N3O3. The van der Waals surface area contributed by atoms with Gasteiger partial charge in [0.05, 0.1) is 12.5 Å². The zero-order valence-corrected chi connectivity index (χ0v) is 14.5. The smallest absolute Gasteiger partial charge is 0.247 e. The van der Waals surface area contributed by atoms with Gasteiger partial charge in [0.15, 0.2) is 0 Å². The lowest BCUT2D eigenvalue weighted by atomic mass is 9.95. The first-order chi connectivity index (χ1) is 12.7. The molecule has 0 radical (unpaired) electrons. The van der Waals surface area contributed by atoms with Gasteiger partial charge in [0.25, 0.3) is 0 Å². The topological polar surface area (TPSA) is 68.5 Å². The molecule has 6 nitrogen and oxygen atoms in total. The summed E-state index contributed by atoms with van der Waals surface area (Å²) in [5.74, 6) is 1.54. The van der Waals surface area contributed by atoms with Crippen LogP contribution in [0.2, 0.25) is 0 Å². The highest BCUT2D eigenvalue weighted by molar-refractivity contribution is 5.79. The molecule has 6 heteroatoms. The van der Waals surface area contributed by atoms with E-state index < -0.39 is 0 Å². The van der Waals surface area contributed by atoms with E-state index in [1.807, 2.05) is 54.6 Å². The standard InChI is InChI=1S/C20H19N3O3/c1-23(12-18-21-22-19(26-18)14-7-3-2-4-8-14)20(24)16-11-15-9-5-6-10-17(15)25-13-16/h2-10,16H,11-13H2,1H3/t16-/m0/s1. The van der Waals surface area contributed by atoms with Crippen molar-refractivity contribution in [2.45, 2.75) is 13.0 Å². The maximum absolute atomic E-state index is 12.7. The Morgan fingerprint density at radius 1 is 1.12 bits per heavy atom. The Kier molecular flexibility index (Phi) is 4.39. The van der Waals surface area contributed by atoms with Crippen molar-refractivity contribution in [1.29, 1.82) is 0 Å². The lowest BCUT2D eigenvalue weighted by molar-refractivity contribution is -0.136. The quantitative estimate of drug-likeness (QED) is 0.724. The Morgan fingerprint density at radius 3 is 2.73 bits per heavy atom. The molecule has 132 valence electrons. The van der Waals surface area contributed by atoms with Gasteiger partial charge in [-0.3, -0.25) is 4.79 Å². The molecule has 1 aliphatic heterocycles. The largest absolute Gasteiger partial charge is 0.492 e. The van der Waals surface area contributed by atoms with Crippen molar-refractivity contribution in [2.24, 2.45) is 5.92 Å². The summed E-state index contributed by atoms with van der Waals surface area (Å²) in [5.41, 5.74) is 1.92. The van der Waals surface area contributed by atoms with Crippen LogP contribution in [0.25, 0.3) is 11.5 Å². The van der Waals surface area contributed by atoms with Crippen LogP contribution in [0.4, 0.5) is 0 Å². The van der Waals surface area contributed by atoms with Crippen LogP contribution >= 0.6 is 0 Å². The lowest BCUT2D eigenvalue weighted by Crippen LogP contribution is -2.38. The third-order valence-corrected chi connectivity index (χ3v) is 4.46. The van der Waals surface area contributed by atoms with Crippen molar-refractivity contribution in [2.75, 3.05) is 13.7 Å². The van der Waals surface area contributed by atoms with E-state index >= 15 is 0 Å². The second kappa shape index (κ2) is 7.00. The second-order valence-electron chi connectivity index (χ2n) is 6.38. The van der Waals surface area contributed by atoms with Crippen LogP contribution in [0.3, 0.4) is 0 Å². The van der Waals surface area contributed by atoms with E-state index in [2.05, 4.69) is 10.2 Å². The molecule has 3 aromatic rings. The summed E-state index contributed by atoms with van der Waals surface area (Å²) in [6.07, 6.45) is 0.679. The predicted molar refractivity (Wildman–Crippen MR) is 95.3 cm³/mol. The van der Waals surface area contributed by atoms with Crippen molar-refractivity contribution in [3.05, 3.63) is 66.1 Å². The van der Waals surface area contributed by atoms with Gasteiger partial charge in [-0.2, -0.15) is 0 Å². The Hall–Kier alpha value is -3.15. The minimum Gasteiger partial charge on any atom is -0.492 e. The zero-order valence-electron chi connectivity index (χ0n) is 14.5. The molecule has 26 heavy (non-hydrogen) atoms. The van der Waals surface area contributed by atoms with Crippen molar-refractivity contribution >= 4 is 5.91 Å². The summed E-state index contributed by atoms with van der Waals surface area (Å²) in [7, 11) is 1.75. The number of ether oxygens (including phenoxy) is 1. The van der Waals surface area contributed by atoms with Crippen molar-refractivity contribution < 1.29 is 13.9 Å². The maximum atomic E-state index is 12.7. The second-order valence-corrected chi connectivity index (χ2v) is 6.38. The van der Waals surface area contributed by atoms with Gasteiger partial charge in [-0.25, -0.2) is 0 Å². The summed E-state index contributed by atoms with van der Waals surface area (Å²) in [6, 6.07) is 17.4. The van der Waals surface area contributed by atoms with Crippen LogP contribution in [0, 0.1) is 5.92 Å². The number of benzene rings is 2. The molecular weight excluding hydrogens is 330 g/mol. The molecule has 2 aromatic carbocycles. The number of carbonyl (C=O) groups is 1. The van der Waals surface area contributed by atoms with Crippen molar-refractivity contribution in [3.63, 3.8) is 0 Å². The summed E-state index contributed by atoms with van der Waals surface area (Å²) in [6.45, 7) is 0.663. The van der Waals surface area contributed by atoms with E-state index in [1.54, 1.807) is 11.9 Å². The first-order valence-corrected chi connectivity index (χ1v) is 8.54. The molecule has 0 unspecified atom stereocenters. The SMILES string of the molecule is CN(Cc1nnc(-c2ccccc2)o1)C(=O)[C@@H]1COc2ccccc2C1. The van der Waals surface area contributed by atoms with Gasteiger partial charge >= 0.3 is 0 Å². The minimum atomic E-state index is -0.202. The third-order valence-electron chi connectivity index (χ3n) is 4.46. The summed E-state index contributed by atoms with van der Waals surface area (Å²) in [5, 5.41) is 8.12. The monoisotopic (exact) mass is 349 g/mol. The Bertz CT molecular complexity index is 907. The highest BCUT2D eigenvalue weighted by atomic mass is 16.5. The normalized spacial score (nSPS) is 15.8. The van der Waals surface area contributed by atoms with Gasteiger partial charge in [0.1, 0.15) is 12.4 Å². The summed E-state index contributed by atoms with van der Waals surface area (Å²) >= 11 is 0. The van der Waals surface area contributed by atoms with Gasteiger partial charge in [-0.05, 0) is 30.2 Å². The molecule has 1 atom stereocenters. The van der Waals surface area contributed by atoms with Crippen molar-refractivity contribution in [3.8, 4) is 17.2 Å². The van der Waals surface area contributed by atoms with Gasteiger partial charge in [0.2, 0.25) is 17.7 Å². The lowest BCUT2D eigenvalue weighted by Gasteiger charge is -2.27. The summed E-state index contributed by atoms with van der Waals surface area (Å²) < 4.78 is 11.4.